The lowest BCUT2D eigenvalue weighted by Crippen LogP contribution is -2.37. The molecule has 0 fully saturated rings. The molecule has 0 unspecified atom stereocenters. The van der Waals surface area contributed by atoms with Crippen LogP contribution in [0.5, 0.6) is 0 Å². The first-order chi connectivity index (χ1) is 10.2. The minimum Gasteiger partial charge on any atom is -0.234 e. The lowest BCUT2D eigenvalue weighted by Gasteiger charge is -2.08. The molecule has 21 heavy (non-hydrogen) atoms. The van der Waals surface area contributed by atoms with Crippen LogP contribution in [0.3, 0.4) is 0 Å². The van der Waals surface area contributed by atoms with Gasteiger partial charge in [0.15, 0.2) is 0 Å². The number of nitrogens with zero attached hydrogens (tertiary/aromatic N) is 2. The number of aryl methyl sites for hydroxylation is 1. The standard InChI is InChI=1S/C19H29N2/c1-4-5-6-10-13-20-14-15-21(17(2)3)19(20)16-18-11-8-7-9-12-18/h7-9,11-12,14-15,17H,4-6,10,13,16H2,1-3H3/q+1. The highest BCUT2D eigenvalue weighted by atomic mass is 15.2. The fourth-order valence-corrected chi connectivity index (χ4v) is 2.83. The SMILES string of the molecule is CCCCCC[n+]1ccn(C(C)C)c1Cc1ccccc1. The molecule has 2 nitrogen and oxygen atoms in total. The van der Waals surface area contributed by atoms with E-state index in [1.165, 1.54) is 37.1 Å². The van der Waals surface area contributed by atoms with Gasteiger partial charge in [-0.2, -0.15) is 0 Å². The summed E-state index contributed by atoms with van der Waals surface area (Å²) in [5.41, 5.74) is 1.39. The molecular weight excluding hydrogens is 256 g/mol. The van der Waals surface area contributed by atoms with Gasteiger partial charge in [0.05, 0.1) is 19.0 Å². The second-order valence-corrected chi connectivity index (χ2v) is 6.13. The van der Waals surface area contributed by atoms with Crippen LogP contribution >= 0.6 is 0 Å². The van der Waals surface area contributed by atoms with Gasteiger partial charge < -0.3 is 0 Å². The normalized spacial score (nSPS) is 11.2. The highest BCUT2D eigenvalue weighted by Crippen LogP contribution is 2.12. The van der Waals surface area contributed by atoms with Gasteiger partial charge in [-0.1, -0.05) is 50.1 Å². The van der Waals surface area contributed by atoms with Crippen molar-refractivity contribution in [2.24, 2.45) is 0 Å². The summed E-state index contributed by atoms with van der Waals surface area (Å²) < 4.78 is 4.86. The molecule has 0 N–H and O–H groups in total. The van der Waals surface area contributed by atoms with Crippen molar-refractivity contribution in [1.82, 2.24) is 4.57 Å². The molecule has 0 aliphatic heterocycles. The maximum atomic E-state index is 2.45. The molecule has 2 heteroatoms. The van der Waals surface area contributed by atoms with Gasteiger partial charge in [-0.25, -0.2) is 9.13 Å². The molecule has 0 saturated carbocycles. The molecule has 114 valence electrons. The maximum Gasteiger partial charge on any atom is 0.261 e. The fraction of sp³-hybridized carbons (Fsp3) is 0.526. The van der Waals surface area contributed by atoms with Crippen molar-refractivity contribution in [2.45, 2.75) is 65.5 Å². The zero-order chi connectivity index (χ0) is 15.1. The Balaban J connectivity index is 2.13. The first-order valence-corrected chi connectivity index (χ1v) is 8.35. The summed E-state index contributed by atoms with van der Waals surface area (Å²) in [6.45, 7) is 7.93. The topological polar surface area (TPSA) is 8.81 Å². The molecule has 0 aliphatic carbocycles. The number of benzene rings is 1. The van der Waals surface area contributed by atoms with E-state index in [2.05, 4.69) is 72.6 Å². The number of imidazole rings is 1. The van der Waals surface area contributed by atoms with Crippen LogP contribution in [-0.4, -0.2) is 4.57 Å². The smallest absolute Gasteiger partial charge is 0.234 e. The van der Waals surface area contributed by atoms with E-state index in [-0.39, 0.29) is 0 Å². The number of hydrogen-bond donors (Lipinski definition) is 0. The molecule has 0 atom stereocenters. The van der Waals surface area contributed by atoms with E-state index in [0.717, 1.165) is 13.0 Å². The minimum absolute atomic E-state index is 0.514. The van der Waals surface area contributed by atoms with Crippen molar-refractivity contribution >= 4 is 0 Å². The van der Waals surface area contributed by atoms with Gasteiger partial charge >= 0.3 is 0 Å². The Labute approximate surface area is 129 Å². The Kier molecular flexibility index (Phi) is 6.04. The number of aromatic nitrogens is 2. The Bertz CT molecular complexity index is 526. The molecule has 0 aliphatic rings. The second-order valence-electron chi connectivity index (χ2n) is 6.13. The van der Waals surface area contributed by atoms with Crippen molar-refractivity contribution in [3.63, 3.8) is 0 Å². The summed E-state index contributed by atoms with van der Waals surface area (Å²) in [6.07, 6.45) is 10.8. The van der Waals surface area contributed by atoms with Gasteiger partial charge in [-0.05, 0) is 32.3 Å². The van der Waals surface area contributed by atoms with Crippen molar-refractivity contribution in [1.29, 1.82) is 0 Å². The highest BCUT2D eigenvalue weighted by Gasteiger charge is 2.19. The highest BCUT2D eigenvalue weighted by molar-refractivity contribution is 5.18. The van der Waals surface area contributed by atoms with Crippen LogP contribution in [0.2, 0.25) is 0 Å². The third kappa shape index (κ3) is 4.45. The Hall–Kier alpha value is -1.57. The average molecular weight is 285 g/mol. The van der Waals surface area contributed by atoms with Crippen LogP contribution < -0.4 is 4.57 Å². The van der Waals surface area contributed by atoms with Crippen molar-refractivity contribution in [3.05, 3.63) is 54.1 Å². The van der Waals surface area contributed by atoms with Gasteiger partial charge in [0.25, 0.3) is 5.82 Å². The van der Waals surface area contributed by atoms with Crippen LogP contribution in [0.25, 0.3) is 0 Å². The van der Waals surface area contributed by atoms with E-state index in [1.54, 1.807) is 0 Å². The summed E-state index contributed by atoms with van der Waals surface area (Å²) in [7, 11) is 0. The summed E-state index contributed by atoms with van der Waals surface area (Å²) in [6, 6.07) is 11.3. The molecule has 0 saturated heterocycles. The molecule has 1 aromatic heterocycles. The van der Waals surface area contributed by atoms with E-state index in [1.807, 2.05) is 0 Å². The van der Waals surface area contributed by atoms with Crippen molar-refractivity contribution in [3.8, 4) is 0 Å². The predicted octanol–water partition coefficient (Wildman–Crippen LogP) is 4.53. The monoisotopic (exact) mass is 285 g/mol. The first-order valence-electron chi connectivity index (χ1n) is 8.35. The zero-order valence-electron chi connectivity index (χ0n) is 13.8. The Morgan fingerprint density at radius 1 is 1.05 bits per heavy atom. The number of hydrogen-bond acceptors (Lipinski definition) is 0. The first kappa shape index (κ1) is 15.8. The number of rotatable bonds is 8. The lowest BCUT2D eigenvalue weighted by molar-refractivity contribution is -0.704. The third-order valence-corrected chi connectivity index (χ3v) is 4.05. The van der Waals surface area contributed by atoms with Crippen molar-refractivity contribution < 1.29 is 4.57 Å². The fourth-order valence-electron chi connectivity index (χ4n) is 2.83. The van der Waals surface area contributed by atoms with Gasteiger partial charge in [0.2, 0.25) is 0 Å². The molecule has 2 rings (SSSR count). The predicted molar refractivity (Wildman–Crippen MR) is 88.4 cm³/mol. The summed E-state index contributed by atoms with van der Waals surface area (Å²) >= 11 is 0. The minimum atomic E-state index is 0.514. The van der Waals surface area contributed by atoms with Crippen LogP contribution in [-0.2, 0) is 13.0 Å². The van der Waals surface area contributed by atoms with E-state index in [9.17, 15) is 0 Å². The average Bonchev–Trinajstić information content (AvgIpc) is 2.88. The summed E-state index contributed by atoms with van der Waals surface area (Å²) in [5, 5.41) is 0. The van der Waals surface area contributed by atoms with Crippen LogP contribution in [0.1, 0.15) is 63.9 Å². The van der Waals surface area contributed by atoms with E-state index >= 15 is 0 Å². The van der Waals surface area contributed by atoms with Crippen molar-refractivity contribution in [2.75, 3.05) is 0 Å². The van der Waals surface area contributed by atoms with E-state index in [0.29, 0.717) is 6.04 Å². The Morgan fingerprint density at radius 2 is 1.81 bits per heavy atom. The maximum absolute atomic E-state index is 2.45. The van der Waals surface area contributed by atoms with E-state index < -0.39 is 0 Å². The molecule has 0 radical (unpaired) electrons. The molecule has 1 aromatic carbocycles. The number of unbranched alkanes of at least 4 members (excludes halogenated alkanes) is 3. The molecule has 0 bridgehead atoms. The molecule has 1 heterocycles. The molecular formula is C19H29N2+. The van der Waals surface area contributed by atoms with Crippen LogP contribution in [0.4, 0.5) is 0 Å². The third-order valence-electron chi connectivity index (χ3n) is 4.05. The largest absolute Gasteiger partial charge is 0.261 e. The van der Waals surface area contributed by atoms with Gasteiger partial charge in [0.1, 0.15) is 12.4 Å². The van der Waals surface area contributed by atoms with Gasteiger partial charge in [-0.15, -0.1) is 0 Å². The Morgan fingerprint density at radius 3 is 2.48 bits per heavy atom. The molecule has 0 amide bonds. The van der Waals surface area contributed by atoms with Crippen LogP contribution in [0.15, 0.2) is 42.7 Å². The zero-order valence-corrected chi connectivity index (χ0v) is 13.8. The van der Waals surface area contributed by atoms with E-state index in [4.69, 9.17) is 0 Å². The van der Waals surface area contributed by atoms with Gasteiger partial charge in [-0.3, -0.25) is 0 Å². The lowest BCUT2D eigenvalue weighted by atomic mass is 10.1. The van der Waals surface area contributed by atoms with Crippen LogP contribution in [0, 0.1) is 0 Å². The molecule has 0 spiro atoms. The van der Waals surface area contributed by atoms with Gasteiger partial charge in [0, 0.05) is 0 Å². The summed E-state index contributed by atoms with van der Waals surface area (Å²) in [4.78, 5) is 0. The second kappa shape index (κ2) is 8.02. The molecule has 2 aromatic rings. The quantitative estimate of drug-likeness (QED) is 0.498. The summed E-state index contributed by atoms with van der Waals surface area (Å²) in [5.74, 6) is 1.42.